The maximum atomic E-state index is 4.25. The van der Waals surface area contributed by atoms with Gasteiger partial charge < -0.3 is 5.32 Å². The van der Waals surface area contributed by atoms with E-state index in [0.29, 0.717) is 0 Å². The minimum atomic E-state index is 0.791. The molecule has 104 valence electrons. The molecule has 1 rings (SSSR count). The molecule has 0 aromatic carbocycles. The summed E-state index contributed by atoms with van der Waals surface area (Å²) in [4.78, 5) is 2.47. The van der Waals surface area contributed by atoms with Gasteiger partial charge in [-0.1, -0.05) is 38.1 Å². The quantitative estimate of drug-likeness (QED) is 0.748. The van der Waals surface area contributed by atoms with E-state index in [9.17, 15) is 0 Å². The number of anilines is 1. The van der Waals surface area contributed by atoms with E-state index >= 15 is 0 Å². The lowest BCUT2D eigenvalue weighted by Gasteiger charge is -2.24. The molecule has 0 aliphatic rings. The number of nitrogens with one attached hydrogen (secondary N) is 1. The van der Waals surface area contributed by atoms with Crippen LogP contribution in [-0.4, -0.2) is 34.1 Å². The smallest absolute Gasteiger partial charge is 0.134 e. The summed E-state index contributed by atoms with van der Waals surface area (Å²) in [5.74, 6) is 0.791. The summed E-state index contributed by atoms with van der Waals surface area (Å²) in [7, 11) is 0. The Morgan fingerprint density at radius 1 is 1.22 bits per heavy atom. The zero-order valence-corrected chi connectivity index (χ0v) is 12.9. The van der Waals surface area contributed by atoms with Gasteiger partial charge >= 0.3 is 0 Å². The normalized spacial score (nSPS) is 11.4. The molecular formula is C13H26N4S. The van der Waals surface area contributed by atoms with Crippen LogP contribution in [0.15, 0.2) is 0 Å². The van der Waals surface area contributed by atoms with Crippen LogP contribution in [0.3, 0.4) is 0 Å². The highest BCUT2D eigenvalue weighted by Gasteiger charge is 2.14. The highest BCUT2D eigenvalue weighted by Crippen LogP contribution is 2.20. The molecular weight excluding hydrogens is 244 g/mol. The van der Waals surface area contributed by atoms with E-state index in [-0.39, 0.29) is 0 Å². The second kappa shape index (κ2) is 8.43. The Morgan fingerprint density at radius 3 is 2.50 bits per heavy atom. The molecule has 0 spiro atoms. The van der Waals surface area contributed by atoms with E-state index in [1.165, 1.54) is 24.4 Å². The Hall–Kier alpha value is -0.680. The average molecular weight is 270 g/mol. The summed E-state index contributed by atoms with van der Waals surface area (Å²) in [5, 5.41) is 8.71. The Morgan fingerprint density at radius 2 is 1.94 bits per heavy atom. The maximum Gasteiger partial charge on any atom is 0.134 e. The summed E-state index contributed by atoms with van der Waals surface area (Å²) in [6, 6.07) is 0. The molecule has 1 heterocycles. The van der Waals surface area contributed by atoms with Crippen LogP contribution in [0.4, 0.5) is 5.00 Å². The van der Waals surface area contributed by atoms with Gasteiger partial charge in [0, 0.05) is 31.2 Å². The number of aromatic nitrogens is 2. The molecule has 1 N–H and O–H groups in total. The number of nitrogens with zero attached hydrogens (tertiary/aromatic N) is 3. The molecule has 0 saturated carbocycles. The van der Waals surface area contributed by atoms with E-state index in [0.717, 1.165) is 42.8 Å². The second-order valence-electron chi connectivity index (χ2n) is 4.59. The summed E-state index contributed by atoms with van der Waals surface area (Å²) in [6.45, 7) is 12.9. The van der Waals surface area contributed by atoms with E-state index in [1.807, 2.05) is 0 Å². The van der Waals surface area contributed by atoms with Crippen molar-refractivity contribution in [1.82, 2.24) is 14.5 Å². The van der Waals surface area contributed by atoms with Crippen LogP contribution >= 0.6 is 11.5 Å². The first-order valence-electron chi connectivity index (χ1n) is 7.02. The van der Waals surface area contributed by atoms with E-state index in [4.69, 9.17) is 0 Å². The molecule has 1 aromatic rings. The molecule has 0 atom stereocenters. The Kier molecular flexibility index (Phi) is 7.20. The third-order valence-electron chi connectivity index (χ3n) is 3.38. The minimum Gasteiger partial charge on any atom is -0.374 e. The van der Waals surface area contributed by atoms with Gasteiger partial charge in [0.15, 0.2) is 0 Å². The summed E-state index contributed by atoms with van der Waals surface area (Å²) < 4.78 is 4.05. The first-order chi connectivity index (χ1) is 8.74. The van der Waals surface area contributed by atoms with E-state index in [1.54, 1.807) is 0 Å². The topological polar surface area (TPSA) is 41.1 Å². The predicted octanol–water partition coefficient (Wildman–Crippen LogP) is 3.23. The van der Waals surface area contributed by atoms with Gasteiger partial charge in [-0.2, -0.15) is 0 Å². The number of hydrogen-bond acceptors (Lipinski definition) is 5. The van der Waals surface area contributed by atoms with Crippen molar-refractivity contribution >= 4 is 16.5 Å². The van der Waals surface area contributed by atoms with Crippen molar-refractivity contribution in [3.8, 4) is 0 Å². The van der Waals surface area contributed by atoms with Crippen molar-refractivity contribution in [3.05, 3.63) is 5.69 Å². The van der Waals surface area contributed by atoms with Crippen molar-refractivity contribution < 1.29 is 0 Å². The molecule has 1 aromatic heterocycles. The molecule has 0 fully saturated rings. The Bertz CT molecular complexity index is 323. The van der Waals surface area contributed by atoms with Crippen LogP contribution in [0.5, 0.6) is 0 Å². The first-order valence-corrected chi connectivity index (χ1v) is 7.79. The van der Waals surface area contributed by atoms with Gasteiger partial charge in [0.05, 0.1) is 0 Å². The van der Waals surface area contributed by atoms with Gasteiger partial charge in [-0.05, 0) is 19.4 Å². The van der Waals surface area contributed by atoms with Crippen LogP contribution < -0.4 is 5.32 Å². The SMILES string of the molecule is CCNc1snnc1CN(CC)CC(CC)CC. The fraction of sp³-hybridized carbons (Fsp3) is 0.846. The van der Waals surface area contributed by atoms with Crippen molar-refractivity contribution in [2.45, 2.75) is 47.1 Å². The molecule has 4 nitrogen and oxygen atoms in total. The summed E-state index contributed by atoms with van der Waals surface area (Å²) in [6.07, 6.45) is 2.50. The van der Waals surface area contributed by atoms with Gasteiger partial charge in [-0.25, -0.2) is 0 Å². The first kappa shape index (κ1) is 15.4. The lowest BCUT2D eigenvalue weighted by atomic mass is 10.0. The molecule has 0 unspecified atom stereocenters. The summed E-state index contributed by atoms with van der Waals surface area (Å²) >= 11 is 1.46. The van der Waals surface area contributed by atoms with Crippen LogP contribution in [-0.2, 0) is 6.54 Å². The van der Waals surface area contributed by atoms with E-state index < -0.39 is 0 Å². The van der Waals surface area contributed by atoms with Crippen LogP contribution in [0.2, 0.25) is 0 Å². The summed E-state index contributed by atoms with van der Waals surface area (Å²) in [5.41, 5.74) is 1.09. The van der Waals surface area contributed by atoms with Crippen molar-refractivity contribution in [1.29, 1.82) is 0 Å². The van der Waals surface area contributed by atoms with Crippen LogP contribution in [0.25, 0.3) is 0 Å². The Balaban J connectivity index is 2.58. The monoisotopic (exact) mass is 270 g/mol. The molecule has 0 saturated heterocycles. The predicted molar refractivity (Wildman–Crippen MR) is 79.1 cm³/mol. The molecule has 0 aliphatic heterocycles. The molecule has 5 heteroatoms. The van der Waals surface area contributed by atoms with Gasteiger partial charge in [-0.15, -0.1) is 5.10 Å². The van der Waals surface area contributed by atoms with Gasteiger partial charge in [0.1, 0.15) is 10.7 Å². The fourth-order valence-corrected chi connectivity index (χ4v) is 2.68. The van der Waals surface area contributed by atoms with Crippen molar-refractivity contribution in [3.63, 3.8) is 0 Å². The number of rotatable bonds is 9. The standard InChI is InChI=1S/C13H26N4S/c1-5-11(6-2)9-17(8-4)10-12-13(14-7-3)18-16-15-12/h11,14H,5-10H2,1-4H3. The number of hydrogen-bond donors (Lipinski definition) is 1. The van der Waals surface area contributed by atoms with Gasteiger partial charge in [-0.3, -0.25) is 4.90 Å². The third-order valence-corrected chi connectivity index (χ3v) is 4.11. The highest BCUT2D eigenvalue weighted by molar-refractivity contribution is 7.10. The lowest BCUT2D eigenvalue weighted by Crippen LogP contribution is -2.29. The molecule has 0 radical (unpaired) electrons. The van der Waals surface area contributed by atoms with Crippen LogP contribution in [0.1, 0.15) is 46.2 Å². The average Bonchev–Trinajstić information content (AvgIpc) is 2.82. The molecule has 18 heavy (non-hydrogen) atoms. The highest BCUT2D eigenvalue weighted by atomic mass is 32.1. The maximum absolute atomic E-state index is 4.25. The van der Waals surface area contributed by atoms with Gasteiger partial charge in [0.2, 0.25) is 0 Å². The second-order valence-corrected chi connectivity index (χ2v) is 5.34. The fourth-order valence-electron chi connectivity index (χ4n) is 2.04. The zero-order valence-electron chi connectivity index (χ0n) is 12.1. The largest absolute Gasteiger partial charge is 0.374 e. The Labute approximate surface area is 115 Å². The van der Waals surface area contributed by atoms with Gasteiger partial charge in [0.25, 0.3) is 0 Å². The molecule has 0 bridgehead atoms. The van der Waals surface area contributed by atoms with Crippen LogP contribution in [0, 0.1) is 5.92 Å². The lowest BCUT2D eigenvalue weighted by molar-refractivity contribution is 0.224. The molecule has 0 aliphatic carbocycles. The van der Waals surface area contributed by atoms with Crippen molar-refractivity contribution in [2.24, 2.45) is 5.92 Å². The third kappa shape index (κ3) is 4.53. The van der Waals surface area contributed by atoms with E-state index in [2.05, 4.69) is 47.5 Å². The zero-order chi connectivity index (χ0) is 13.4. The molecule has 0 amide bonds. The minimum absolute atomic E-state index is 0.791. The van der Waals surface area contributed by atoms with Crippen molar-refractivity contribution in [2.75, 3.05) is 25.0 Å².